The van der Waals surface area contributed by atoms with Crippen LogP contribution in [0.2, 0.25) is 0 Å². The molecule has 31 heavy (non-hydrogen) atoms. The molecule has 0 unspecified atom stereocenters. The summed E-state index contributed by atoms with van der Waals surface area (Å²) in [7, 11) is 0. The monoisotopic (exact) mass is 453 g/mol. The highest BCUT2D eigenvalue weighted by Gasteiger charge is 2.34. The third kappa shape index (κ3) is 6.46. The number of anilines is 1. The number of aromatic nitrogens is 2. The molecule has 2 fully saturated rings. The van der Waals surface area contributed by atoms with Gasteiger partial charge in [0.15, 0.2) is 0 Å². The first-order valence-electron chi connectivity index (χ1n) is 10.7. The number of nitrogens with zero attached hydrogens (tertiary/aromatic N) is 2. The van der Waals surface area contributed by atoms with Crippen molar-refractivity contribution >= 4 is 29.6 Å². The number of nitrogens with one attached hydrogen (secondary N) is 1. The molecule has 3 rings (SSSR count). The molecule has 1 amide bonds. The third-order valence-electron chi connectivity index (χ3n) is 5.72. The molecule has 1 aliphatic carbocycles. The summed E-state index contributed by atoms with van der Waals surface area (Å²) >= 11 is 1.45. The molecule has 0 aromatic carbocycles. The molecule has 10 heteroatoms. The van der Waals surface area contributed by atoms with Crippen LogP contribution in [0.25, 0.3) is 0 Å². The zero-order chi connectivity index (χ0) is 22.5. The SMILES string of the molecule is CC(=O)Nc1ccn([C@@H]2CS[C@H](COC(=O)O[C@@H]3C[C@H](C)CC[C@H]3C(C)C)O2)c(=O)n1. The van der Waals surface area contributed by atoms with Gasteiger partial charge in [-0.1, -0.05) is 27.2 Å². The fourth-order valence-electron chi connectivity index (χ4n) is 4.10. The summed E-state index contributed by atoms with van der Waals surface area (Å²) in [5, 5.41) is 2.47. The highest BCUT2D eigenvalue weighted by molar-refractivity contribution is 8.00. The van der Waals surface area contributed by atoms with E-state index in [1.807, 2.05) is 0 Å². The van der Waals surface area contributed by atoms with E-state index >= 15 is 0 Å². The predicted molar refractivity (Wildman–Crippen MR) is 117 cm³/mol. The molecule has 0 spiro atoms. The number of thioether (sulfide) groups is 1. The molecule has 1 aliphatic heterocycles. The van der Waals surface area contributed by atoms with Gasteiger partial charge in [-0.3, -0.25) is 9.36 Å². The topological polar surface area (TPSA) is 109 Å². The van der Waals surface area contributed by atoms with Gasteiger partial charge >= 0.3 is 11.8 Å². The first-order valence-corrected chi connectivity index (χ1v) is 11.7. The Morgan fingerprint density at radius 2 is 2.16 bits per heavy atom. The van der Waals surface area contributed by atoms with E-state index < -0.39 is 23.5 Å². The van der Waals surface area contributed by atoms with Crippen molar-refractivity contribution in [2.75, 3.05) is 17.7 Å². The molecule has 172 valence electrons. The van der Waals surface area contributed by atoms with E-state index in [1.165, 1.54) is 35.5 Å². The minimum absolute atomic E-state index is 0.0424. The zero-order valence-electron chi connectivity index (χ0n) is 18.4. The Kier molecular flexibility index (Phi) is 7.99. The van der Waals surface area contributed by atoms with Crippen LogP contribution in [0.4, 0.5) is 10.6 Å². The number of hydrogen-bond acceptors (Lipinski definition) is 8. The van der Waals surface area contributed by atoms with Crippen molar-refractivity contribution in [3.05, 3.63) is 22.7 Å². The lowest BCUT2D eigenvalue weighted by molar-refractivity contribution is -0.114. The maximum absolute atomic E-state index is 12.3. The molecular weight excluding hydrogens is 422 g/mol. The van der Waals surface area contributed by atoms with E-state index in [9.17, 15) is 14.4 Å². The predicted octanol–water partition coefficient (Wildman–Crippen LogP) is 3.40. The van der Waals surface area contributed by atoms with Gasteiger partial charge in [0, 0.05) is 18.9 Å². The van der Waals surface area contributed by atoms with Crippen molar-refractivity contribution in [2.24, 2.45) is 17.8 Å². The third-order valence-corrected chi connectivity index (χ3v) is 6.82. The van der Waals surface area contributed by atoms with Crippen molar-refractivity contribution in [3.8, 4) is 0 Å². The first-order chi connectivity index (χ1) is 14.7. The van der Waals surface area contributed by atoms with Crippen molar-refractivity contribution < 1.29 is 23.8 Å². The van der Waals surface area contributed by atoms with Gasteiger partial charge in [-0.15, -0.1) is 11.8 Å². The van der Waals surface area contributed by atoms with Crippen molar-refractivity contribution in [3.63, 3.8) is 0 Å². The molecular formula is C21H31N3O6S. The lowest BCUT2D eigenvalue weighted by Gasteiger charge is -2.36. The van der Waals surface area contributed by atoms with Gasteiger partial charge in [-0.2, -0.15) is 4.98 Å². The molecule has 1 aromatic rings. The molecule has 9 nitrogen and oxygen atoms in total. The highest BCUT2D eigenvalue weighted by atomic mass is 32.2. The summed E-state index contributed by atoms with van der Waals surface area (Å²) in [6, 6.07) is 1.54. The minimum atomic E-state index is -0.670. The molecule has 2 aliphatic rings. The Balaban J connectivity index is 1.48. The number of hydrogen-bond donors (Lipinski definition) is 1. The molecule has 0 bridgehead atoms. The summed E-state index contributed by atoms with van der Waals surface area (Å²) in [5.74, 6) is 1.74. The van der Waals surface area contributed by atoms with Crippen LogP contribution in [0, 0.1) is 17.8 Å². The Hall–Kier alpha value is -2.07. The molecule has 1 aromatic heterocycles. The van der Waals surface area contributed by atoms with Crippen LogP contribution in [-0.4, -0.2) is 45.5 Å². The van der Waals surface area contributed by atoms with Crippen LogP contribution in [-0.2, 0) is 19.0 Å². The van der Waals surface area contributed by atoms with Gasteiger partial charge < -0.3 is 19.5 Å². The maximum atomic E-state index is 12.3. The molecule has 0 radical (unpaired) electrons. The van der Waals surface area contributed by atoms with E-state index in [-0.39, 0.29) is 24.4 Å². The van der Waals surface area contributed by atoms with Crippen molar-refractivity contribution in [1.82, 2.24) is 9.55 Å². The fourth-order valence-corrected chi connectivity index (χ4v) is 5.09. The fraction of sp³-hybridized carbons (Fsp3) is 0.714. The largest absolute Gasteiger partial charge is 0.508 e. The van der Waals surface area contributed by atoms with Crippen molar-refractivity contribution in [1.29, 1.82) is 0 Å². The Morgan fingerprint density at radius 3 is 2.84 bits per heavy atom. The molecule has 1 saturated carbocycles. The summed E-state index contributed by atoms with van der Waals surface area (Å²) < 4.78 is 18.1. The quantitative estimate of drug-likeness (QED) is 0.653. The first kappa shape index (κ1) is 23.6. The van der Waals surface area contributed by atoms with Gasteiger partial charge in [0.2, 0.25) is 5.91 Å². The van der Waals surface area contributed by atoms with E-state index in [4.69, 9.17) is 14.2 Å². The summed E-state index contributed by atoms with van der Waals surface area (Å²) in [5.41, 5.74) is -0.922. The Bertz CT molecular complexity index is 845. The number of carbonyl (C=O) groups excluding carboxylic acids is 2. The molecule has 1 N–H and O–H groups in total. The van der Waals surface area contributed by atoms with E-state index in [0.29, 0.717) is 23.5 Å². The number of amides is 1. The van der Waals surface area contributed by atoms with Crippen LogP contribution in [0.15, 0.2) is 17.1 Å². The van der Waals surface area contributed by atoms with Crippen LogP contribution in [0.1, 0.15) is 53.2 Å². The summed E-state index contributed by atoms with van der Waals surface area (Å²) in [6.45, 7) is 7.88. The lowest BCUT2D eigenvalue weighted by Crippen LogP contribution is -2.36. The van der Waals surface area contributed by atoms with Gasteiger partial charge in [0.05, 0.1) is 0 Å². The standard InChI is InChI=1S/C21H31N3O6S/c1-12(2)15-6-5-13(3)9-16(15)29-21(27)28-10-19-30-18(11-31-19)24-8-7-17(22-14(4)25)23-20(24)26/h7-8,12-13,15-16,18-19H,5-6,9-11H2,1-4H3,(H,22,23,25,26)/t13-,15+,16-,18+,19-/m1/s1. The molecule has 5 atom stereocenters. The minimum Gasteiger partial charge on any atom is -0.431 e. The number of rotatable bonds is 6. The van der Waals surface area contributed by atoms with Crippen LogP contribution >= 0.6 is 11.8 Å². The van der Waals surface area contributed by atoms with Crippen LogP contribution < -0.4 is 11.0 Å². The lowest BCUT2D eigenvalue weighted by atomic mass is 9.75. The Morgan fingerprint density at radius 1 is 1.39 bits per heavy atom. The van der Waals surface area contributed by atoms with Crippen molar-refractivity contribution in [2.45, 2.75) is 64.7 Å². The molecule has 2 heterocycles. The highest BCUT2D eigenvalue weighted by Crippen LogP contribution is 2.36. The van der Waals surface area contributed by atoms with E-state index in [2.05, 4.69) is 31.1 Å². The van der Waals surface area contributed by atoms with Gasteiger partial charge in [-0.05, 0) is 36.7 Å². The zero-order valence-corrected chi connectivity index (χ0v) is 19.2. The smallest absolute Gasteiger partial charge is 0.431 e. The van der Waals surface area contributed by atoms with Crippen LogP contribution in [0.5, 0.6) is 0 Å². The van der Waals surface area contributed by atoms with Gasteiger partial charge in [0.1, 0.15) is 30.2 Å². The maximum Gasteiger partial charge on any atom is 0.508 e. The average molecular weight is 454 g/mol. The van der Waals surface area contributed by atoms with Gasteiger partial charge in [0.25, 0.3) is 0 Å². The summed E-state index contributed by atoms with van der Waals surface area (Å²) in [6.07, 6.45) is 3.29. The second-order valence-corrected chi connectivity index (χ2v) is 9.77. The van der Waals surface area contributed by atoms with E-state index in [1.54, 1.807) is 0 Å². The van der Waals surface area contributed by atoms with Crippen LogP contribution in [0.3, 0.4) is 0 Å². The second-order valence-electron chi connectivity index (χ2n) is 8.58. The number of carbonyl (C=O) groups is 2. The van der Waals surface area contributed by atoms with E-state index in [0.717, 1.165) is 19.3 Å². The second kappa shape index (κ2) is 10.5. The number of ether oxygens (including phenoxy) is 3. The Labute approximate surface area is 186 Å². The molecule has 1 saturated heterocycles. The normalized spacial score (nSPS) is 28.4. The average Bonchev–Trinajstić information content (AvgIpc) is 3.14. The summed E-state index contributed by atoms with van der Waals surface area (Å²) in [4.78, 5) is 39.4. The van der Waals surface area contributed by atoms with Gasteiger partial charge in [-0.25, -0.2) is 9.59 Å².